The summed E-state index contributed by atoms with van der Waals surface area (Å²) in [4.78, 5) is 28.3. The van der Waals surface area contributed by atoms with Crippen molar-refractivity contribution < 1.29 is 14.3 Å². The Labute approximate surface area is 148 Å². The van der Waals surface area contributed by atoms with Gasteiger partial charge in [-0.1, -0.05) is 0 Å². The number of hydrogen-bond acceptors (Lipinski definition) is 4. The van der Waals surface area contributed by atoms with Crippen LogP contribution in [0.3, 0.4) is 0 Å². The third-order valence-electron chi connectivity index (χ3n) is 4.75. The maximum Gasteiger partial charge on any atom is 0.320 e. The van der Waals surface area contributed by atoms with E-state index >= 15 is 0 Å². The van der Waals surface area contributed by atoms with Gasteiger partial charge in [-0.15, -0.1) is 0 Å². The lowest BCUT2D eigenvalue weighted by Gasteiger charge is -2.37. The molecule has 3 amide bonds. The molecule has 2 saturated heterocycles. The minimum Gasteiger partial charge on any atom is -0.378 e. The van der Waals surface area contributed by atoms with Crippen molar-refractivity contribution >= 4 is 11.9 Å². The molecule has 1 aromatic rings. The number of piperidine rings is 1. The van der Waals surface area contributed by atoms with Gasteiger partial charge >= 0.3 is 6.03 Å². The maximum absolute atomic E-state index is 12.4. The minimum atomic E-state index is 0.0473. The van der Waals surface area contributed by atoms with Gasteiger partial charge in [-0.2, -0.15) is 5.10 Å². The van der Waals surface area contributed by atoms with Crippen LogP contribution in [0.4, 0.5) is 4.79 Å². The zero-order valence-electron chi connectivity index (χ0n) is 14.8. The second kappa shape index (κ2) is 8.33. The summed E-state index contributed by atoms with van der Waals surface area (Å²) in [6, 6.07) is 2.18. The summed E-state index contributed by atoms with van der Waals surface area (Å²) in [6.07, 6.45) is 3.93. The molecule has 2 aliphatic rings. The molecular formula is C17H27N5O3. The minimum absolute atomic E-state index is 0.0473. The lowest BCUT2D eigenvalue weighted by atomic mass is 10.1. The zero-order chi connectivity index (χ0) is 17.6. The molecule has 8 heteroatoms. The van der Waals surface area contributed by atoms with Crippen LogP contribution in [0, 0.1) is 6.92 Å². The number of carbonyl (C=O) groups excluding carboxylic acids is 2. The van der Waals surface area contributed by atoms with Gasteiger partial charge in [-0.3, -0.25) is 9.48 Å². The number of aromatic nitrogens is 2. The summed E-state index contributed by atoms with van der Waals surface area (Å²) in [7, 11) is 0. The molecule has 0 aromatic carbocycles. The number of urea groups is 1. The van der Waals surface area contributed by atoms with Gasteiger partial charge in [-0.05, 0) is 25.8 Å². The molecule has 0 unspecified atom stereocenters. The number of carbonyl (C=O) groups is 2. The summed E-state index contributed by atoms with van der Waals surface area (Å²) in [5.74, 6) is 0.0473. The third kappa shape index (κ3) is 4.94. The zero-order valence-corrected chi connectivity index (χ0v) is 14.8. The van der Waals surface area contributed by atoms with Crippen molar-refractivity contribution in [3.05, 3.63) is 18.0 Å². The Hall–Kier alpha value is -2.09. The first-order chi connectivity index (χ1) is 12.1. The van der Waals surface area contributed by atoms with Crippen LogP contribution in [0.5, 0.6) is 0 Å². The van der Waals surface area contributed by atoms with Crippen molar-refractivity contribution in [1.29, 1.82) is 0 Å². The van der Waals surface area contributed by atoms with E-state index in [1.807, 2.05) is 29.0 Å². The number of morpholine rings is 1. The lowest BCUT2D eigenvalue weighted by molar-refractivity contribution is -0.122. The molecule has 1 aromatic heterocycles. The van der Waals surface area contributed by atoms with Crippen molar-refractivity contribution in [2.75, 3.05) is 39.4 Å². The number of nitrogens with one attached hydrogen (secondary N) is 1. The van der Waals surface area contributed by atoms with Crippen LogP contribution in [-0.4, -0.2) is 77.0 Å². The van der Waals surface area contributed by atoms with E-state index < -0.39 is 0 Å². The van der Waals surface area contributed by atoms with E-state index in [2.05, 4.69) is 10.4 Å². The van der Waals surface area contributed by atoms with E-state index in [0.717, 1.165) is 18.5 Å². The van der Waals surface area contributed by atoms with Crippen LogP contribution in [-0.2, 0) is 16.1 Å². The smallest absolute Gasteiger partial charge is 0.320 e. The second-order valence-corrected chi connectivity index (χ2v) is 6.68. The summed E-state index contributed by atoms with van der Waals surface area (Å²) in [6.45, 7) is 6.49. The number of amides is 3. The first kappa shape index (κ1) is 17.7. The van der Waals surface area contributed by atoms with E-state index in [9.17, 15) is 9.59 Å². The number of hydrogen-bond donors (Lipinski definition) is 1. The van der Waals surface area contributed by atoms with Crippen molar-refractivity contribution in [3.63, 3.8) is 0 Å². The van der Waals surface area contributed by atoms with Crippen molar-refractivity contribution in [3.8, 4) is 0 Å². The third-order valence-corrected chi connectivity index (χ3v) is 4.75. The molecule has 138 valence electrons. The number of rotatable bonds is 4. The van der Waals surface area contributed by atoms with Gasteiger partial charge in [-0.25, -0.2) is 4.79 Å². The molecule has 25 heavy (non-hydrogen) atoms. The molecule has 0 saturated carbocycles. The largest absolute Gasteiger partial charge is 0.378 e. The summed E-state index contributed by atoms with van der Waals surface area (Å²) in [5, 5.41) is 7.37. The highest BCUT2D eigenvalue weighted by molar-refractivity contribution is 5.76. The predicted octanol–water partition coefficient (Wildman–Crippen LogP) is 0.614. The Bertz CT molecular complexity index is 589. The molecule has 3 heterocycles. The summed E-state index contributed by atoms with van der Waals surface area (Å²) >= 11 is 0. The fourth-order valence-electron chi connectivity index (χ4n) is 3.27. The van der Waals surface area contributed by atoms with E-state index in [1.165, 1.54) is 0 Å². The monoisotopic (exact) mass is 349 g/mol. The Morgan fingerprint density at radius 2 is 1.88 bits per heavy atom. The van der Waals surface area contributed by atoms with Crippen molar-refractivity contribution in [2.45, 2.75) is 38.8 Å². The molecule has 0 atom stereocenters. The second-order valence-electron chi connectivity index (χ2n) is 6.68. The van der Waals surface area contributed by atoms with Gasteiger partial charge in [0.1, 0.15) is 0 Å². The van der Waals surface area contributed by atoms with Gasteiger partial charge in [0, 0.05) is 51.4 Å². The average Bonchev–Trinajstić information content (AvgIpc) is 3.06. The Kier molecular flexibility index (Phi) is 5.91. The molecule has 3 rings (SSSR count). The molecule has 1 N–H and O–H groups in total. The fraction of sp³-hybridized carbons (Fsp3) is 0.706. The van der Waals surface area contributed by atoms with E-state index in [1.54, 1.807) is 4.68 Å². The Morgan fingerprint density at radius 1 is 1.20 bits per heavy atom. The van der Waals surface area contributed by atoms with Crippen LogP contribution in [0.2, 0.25) is 0 Å². The van der Waals surface area contributed by atoms with Crippen LogP contribution >= 0.6 is 0 Å². The van der Waals surface area contributed by atoms with E-state index in [0.29, 0.717) is 52.4 Å². The Balaban J connectivity index is 1.37. The van der Waals surface area contributed by atoms with Crippen LogP contribution in [0.15, 0.2) is 12.3 Å². The van der Waals surface area contributed by atoms with E-state index in [4.69, 9.17) is 4.74 Å². The van der Waals surface area contributed by atoms with Gasteiger partial charge in [0.05, 0.1) is 18.9 Å². The first-order valence-electron chi connectivity index (χ1n) is 9.03. The highest BCUT2D eigenvalue weighted by atomic mass is 16.5. The number of likely N-dealkylation sites (tertiary alicyclic amines) is 1. The number of nitrogens with zero attached hydrogens (tertiary/aromatic N) is 4. The summed E-state index contributed by atoms with van der Waals surface area (Å²) in [5.41, 5.74) is 0.956. The lowest BCUT2D eigenvalue weighted by Crippen LogP contribution is -2.52. The number of aryl methyl sites for hydroxylation is 2. The molecule has 0 radical (unpaired) electrons. The van der Waals surface area contributed by atoms with Gasteiger partial charge < -0.3 is 19.9 Å². The first-order valence-corrected chi connectivity index (χ1v) is 9.03. The SMILES string of the molecule is Cc1ccn(CCC(=O)NC2CCN(C(=O)N3CCOCC3)CC2)n1. The molecule has 2 fully saturated rings. The van der Waals surface area contributed by atoms with Crippen LogP contribution in [0.25, 0.3) is 0 Å². The van der Waals surface area contributed by atoms with Gasteiger partial charge in [0.2, 0.25) is 5.91 Å². The summed E-state index contributed by atoms with van der Waals surface area (Å²) < 4.78 is 7.08. The normalized spacial score (nSPS) is 19.1. The fourth-order valence-corrected chi connectivity index (χ4v) is 3.27. The molecule has 2 aliphatic heterocycles. The van der Waals surface area contributed by atoms with Gasteiger partial charge in [0.25, 0.3) is 0 Å². The predicted molar refractivity (Wildman–Crippen MR) is 92.1 cm³/mol. The average molecular weight is 349 g/mol. The molecule has 8 nitrogen and oxygen atoms in total. The van der Waals surface area contributed by atoms with E-state index in [-0.39, 0.29) is 18.0 Å². The Morgan fingerprint density at radius 3 is 2.52 bits per heavy atom. The standard InChI is InChI=1S/C17H27N5O3/c1-14-2-8-22(19-14)9-5-16(23)18-15-3-6-20(7-4-15)17(24)21-10-12-25-13-11-21/h2,8,15H,3-7,9-13H2,1H3,(H,18,23). The molecular weight excluding hydrogens is 322 g/mol. The van der Waals surface area contributed by atoms with Crippen molar-refractivity contribution in [1.82, 2.24) is 24.9 Å². The van der Waals surface area contributed by atoms with Crippen LogP contribution in [0.1, 0.15) is 25.0 Å². The molecule has 0 aliphatic carbocycles. The molecule has 0 spiro atoms. The number of ether oxygens (including phenoxy) is 1. The van der Waals surface area contributed by atoms with Crippen molar-refractivity contribution in [2.24, 2.45) is 0 Å². The highest BCUT2D eigenvalue weighted by Gasteiger charge is 2.27. The topological polar surface area (TPSA) is 79.7 Å². The molecule has 0 bridgehead atoms. The van der Waals surface area contributed by atoms with Crippen LogP contribution < -0.4 is 5.32 Å². The van der Waals surface area contributed by atoms with Gasteiger partial charge in [0.15, 0.2) is 0 Å². The maximum atomic E-state index is 12.4. The highest BCUT2D eigenvalue weighted by Crippen LogP contribution is 2.13. The quantitative estimate of drug-likeness (QED) is 0.864.